The van der Waals surface area contributed by atoms with E-state index in [2.05, 4.69) is 30.0 Å². The van der Waals surface area contributed by atoms with Crippen LogP contribution in [0.2, 0.25) is 0 Å². The summed E-state index contributed by atoms with van der Waals surface area (Å²) in [6.07, 6.45) is 4.07. The largest absolute Gasteiger partial charge is 0.480 e. The van der Waals surface area contributed by atoms with E-state index in [4.69, 9.17) is 9.47 Å². The van der Waals surface area contributed by atoms with Crippen molar-refractivity contribution in [2.24, 2.45) is 0 Å². The van der Waals surface area contributed by atoms with Crippen molar-refractivity contribution < 1.29 is 9.47 Å². The van der Waals surface area contributed by atoms with Crippen molar-refractivity contribution >= 4 is 16.5 Å². The van der Waals surface area contributed by atoms with Crippen molar-refractivity contribution in [3.8, 4) is 22.5 Å². The van der Waals surface area contributed by atoms with Gasteiger partial charge in [-0.25, -0.2) is 4.98 Å². The van der Waals surface area contributed by atoms with Crippen LogP contribution in [0.3, 0.4) is 0 Å². The summed E-state index contributed by atoms with van der Waals surface area (Å²) in [6, 6.07) is 0.845. The first-order valence-corrected chi connectivity index (χ1v) is 8.88. The standard InChI is InChI=1S/C15H20N6O2S/c1-22-12-11(9-16-14(17-12)23-2)13-18-19-15(24-13)21-8-7-20-5-3-10(21)4-6-20/h9-10H,3-8H2,1-2H3. The Bertz CT molecular complexity index is 716. The van der Waals surface area contributed by atoms with Crippen LogP contribution in [0.15, 0.2) is 6.20 Å². The van der Waals surface area contributed by atoms with E-state index in [0.29, 0.717) is 11.9 Å². The smallest absolute Gasteiger partial charge is 0.319 e. The lowest BCUT2D eigenvalue weighted by Crippen LogP contribution is -2.37. The molecule has 3 saturated heterocycles. The number of ether oxygens (including phenoxy) is 2. The first kappa shape index (κ1) is 15.5. The topological polar surface area (TPSA) is 76.5 Å². The van der Waals surface area contributed by atoms with Gasteiger partial charge in [0.25, 0.3) is 0 Å². The van der Waals surface area contributed by atoms with Gasteiger partial charge in [0, 0.05) is 38.4 Å². The molecule has 2 bridgehead atoms. The quantitative estimate of drug-likeness (QED) is 0.818. The Morgan fingerprint density at radius 2 is 1.92 bits per heavy atom. The second-order valence-corrected chi connectivity index (χ2v) is 6.89. The van der Waals surface area contributed by atoms with Gasteiger partial charge in [0.1, 0.15) is 0 Å². The zero-order chi connectivity index (χ0) is 16.5. The van der Waals surface area contributed by atoms with E-state index in [0.717, 1.165) is 28.8 Å². The Morgan fingerprint density at radius 3 is 2.67 bits per heavy atom. The van der Waals surface area contributed by atoms with E-state index < -0.39 is 0 Å². The van der Waals surface area contributed by atoms with Gasteiger partial charge in [0.2, 0.25) is 11.0 Å². The monoisotopic (exact) mass is 348 g/mol. The molecule has 0 aromatic carbocycles. The number of anilines is 1. The molecule has 9 heteroatoms. The highest BCUT2D eigenvalue weighted by Gasteiger charge is 2.31. The van der Waals surface area contributed by atoms with Gasteiger partial charge in [-0.1, -0.05) is 11.3 Å². The van der Waals surface area contributed by atoms with Gasteiger partial charge in [-0.05, 0) is 12.8 Å². The van der Waals surface area contributed by atoms with Gasteiger partial charge in [-0.2, -0.15) is 4.98 Å². The summed E-state index contributed by atoms with van der Waals surface area (Å²) in [4.78, 5) is 13.3. The SMILES string of the molecule is COc1ncc(-c2nnc(N3CCN4CCC3CC4)s2)c(OC)n1. The van der Waals surface area contributed by atoms with E-state index in [-0.39, 0.29) is 6.01 Å². The second-order valence-electron chi connectivity index (χ2n) is 5.94. The lowest BCUT2D eigenvalue weighted by atomic mass is 10.1. The number of rotatable bonds is 4. The molecule has 3 aliphatic heterocycles. The predicted octanol–water partition coefficient (Wildman–Crippen LogP) is 1.30. The van der Waals surface area contributed by atoms with Crippen LogP contribution in [0.5, 0.6) is 11.9 Å². The summed E-state index contributed by atoms with van der Waals surface area (Å²) < 4.78 is 10.4. The van der Waals surface area contributed by atoms with Gasteiger partial charge in [-0.3, -0.25) is 0 Å². The minimum Gasteiger partial charge on any atom is -0.480 e. The minimum atomic E-state index is 0.277. The summed E-state index contributed by atoms with van der Waals surface area (Å²) >= 11 is 1.57. The van der Waals surface area contributed by atoms with E-state index in [1.807, 2.05) is 0 Å². The third kappa shape index (κ3) is 2.78. The molecular formula is C15H20N6O2S. The van der Waals surface area contributed by atoms with Crippen molar-refractivity contribution in [3.05, 3.63) is 6.20 Å². The molecule has 3 aliphatic rings. The van der Waals surface area contributed by atoms with Crippen LogP contribution in [-0.2, 0) is 0 Å². The van der Waals surface area contributed by atoms with E-state index >= 15 is 0 Å². The van der Waals surface area contributed by atoms with E-state index in [9.17, 15) is 0 Å². The van der Waals surface area contributed by atoms with Crippen LogP contribution < -0.4 is 14.4 Å². The fourth-order valence-electron chi connectivity index (χ4n) is 3.33. The molecule has 0 N–H and O–H groups in total. The van der Waals surface area contributed by atoms with Crippen LogP contribution in [0, 0.1) is 0 Å². The summed E-state index contributed by atoms with van der Waals surface area (Å²) in [6.45, 7) is 4.48. The Kier molecular flexibility index (Phi) is 4.19. The zero-order valence-corrected chi connectivity index (χ0v) is 14.6. The third-order valence-electron chi connectivity index (χ3n) is 4.65. The van der Waals surface area contributed by atoms with Crippen LogP contribution >= 0.6 is 11.3 Å². The number of piperidine rings is 1. The molecule has 2 aromatic rings. The molecule has 5 rings (SSSR count). The van der Waals surface area contributed by atoms with Crippen molar-refractivity contribution in [3.63, 3.8) is 0 Å². The normalized spacial score (nSPS) is 23.2. The van der Waals surface area contributed by atoms with Gasteiger partial charge in [-0.15, -0.1) is 10.2 Å². The maximum absolute atomic E-state index is 5.35. The van der Waals surface area contributed by atoms with Crippen LogP contribution in [0.1, 0.15) is 12.8 Å². The van der Waals surface area contributed by atoms with Gasteiger partial charge >= 0.3 is 6.01 Å². The second kappa shape index (κ2) is 6.48. The minimum absolute atomic E-state index is 0.277. The molecule has 2 aromatic heterocycles. The first-order valence-electron chi connectivity index (χ1n) is 8.06. The van der Waals surface area contributed by atoms with Gasteiger partial charge in [0.05, 0.1) is 19.8 Å². The Labute approximate surface area is 144 Å². The van der Waals surface area contributed by atoms with Gasteiger partial charge < -0.3 is 19.3 Å². The molecule has 0 aliphatic carbocycles. The molecule has 5 heterocycles. The summed E-state index contributed by atoms with van der Waals surface area (Å²) in [5, 5.41) is 10.5. The Balaban J connectivity index is 1.63. The molecule has 0 amide bonds. The van der Waals surface area contributed by atoms with Crippen molar-refractivity contribution in [2.75, 3.05) is 45.3 Å². The van der Waals surface area contributed by atoms with Crippen molar-refractivity contribution in [1.29, 1.82) is 0 Å². The molecule has 0 atom stereocenters. The highest BCUT2D eigenvalue weighted by molar-refractivity contribution is 7.18. The maximum Gasteiger partial charge on any atom is 0.319 e. The predicted molar refractivity (Wildman–Crippen MR) is 90.8 cm³/mol. The Morgan fingerprint density at radius 1 is 1.08 bits per heavy atom. The van der Waals surface area contributed by atoms with Gasteiger partial charge in [0.15, 0.2) is 5.01 Å². The maximum atomic E-state index is 5.35. The number of fused-ring (bicyclic) bond motifs is 4. The lowest BCUT2D eigenvalue weighted by molar-refractivity contribution is 0.250. The average Bonchev–Trinajstić information content (AvgIpc) is 2.93. The van der Waals surface area contributed by atoms with Crippen LogP contribution in [-0.4, -0.2) is 71.5 Å². The lowest BCUT2D eigenvalue weighted by Gasteiger charge is -2.30. The summed E-state index contributed by atoms with van der Waals surface area (Å²) in [7, 11) is 3.11. The highest BCUT2D eigenvalue weighted by Crippen LogP contribution is 2.36. The van der Waals surface area contributed by atoms with Crippen molar-refractivity contribution in [2.45, 2.75) is 18.9 Å². The highest BCUT2D eigenvalue weighted by atomic mass is 32.1. The number of aromatic nitrogens is 4. The fraction of sp³-hybridized carbons (Fsp3) is 0.600. The van der Waals surface area contributed by atoms with E-state index in [1.165, 1.54) is 33.0 Å². The van der Waals surface area contributed by atoms with E-state index in [1.54, 1.807) is 24.6 Å². The first-order chi connectivity index (χ1) is 11.8. The zero-order valence-electron chi connectivity index (χ0n) is 13.8. The number of hydrogen-bond donors (Lipinski definition) is 0. The Hall–Kier alpha value is -2.00. The molecule has 24 heavy (non-hydrogen) atoms. The average molecular weight is 348 g/mol. The summed E-state index contributed by atoms with van der Waals surface area (Å²) in [5.74, 6) is 0.451. The van der Waals surface area contributed by atoms with Crippen LogP contribution in [0.4, 0.5) is 5.13 Å². The fourth-order valence-corrected chi connectivity index (χ4v) is 4.27. The molecule has 0 radical (unpaired) electrons. The molecular weight excluding hydrogens is 328 g/mol. The number of nitrogens with zero attached hydrogens (tertiary/aromatic N) is 6. The molecule has 8 nitrogen and oxygen atoms in total. The van der Waals surface area contributed by atoms with Crippen LogP contribution in [0.25, 0.3) is 10.6 Å². The third-order valence-corrected chi connectivity index (χ3v) is 5.65. The molecule has 3 fully saturated rings. The number of methoxy groups -OCH3 is 2. The summed E-state index contributed by atoms with van der Waals surface area (Å²) in [5.41, 5.74) is 0.741. The molecule has 0 saturated carbocycles. The molecule has 0 unspecified atom stereocenters. The van der Waals surface area contributed by atoms with Crippen molar-refractivity contribution in [1.82, 2.24) is 25.1 Å². The number of hydrogen-bond acceptors (Lipinski definition) is 9. The molecule has 0 spiro atoms. The molecule has 128 valence electrons.